The molecule has 0 radical (unpaired) electrons. The molecule has 0 aliphatic rings. The number of hydrogen-bond acceptors (Lipinski definition) is 4. The van der Waals surface area contributed by atoms with Crippen LogP contribution in [0, 0.1) is 6.92 Å². The summed E-state index contributed by atoms with van der Waals surface area (Å²) in [7, 11) is 0. The summed E-state index contributed by atoms with van der Waals surface area (Å²) in [5.74, 6) is 0.619. The highest BCUT2D eigenvalue weighted by molar-refractivity contribution is 7.99. The fourth-order valence-corrected chi connectivity index (χ4v) is 3.12. The number of amides is 1. The lowest BCUT2D eigenvalue weighted by molar-refractivity contribution is -0.113. The highest BCUT2D eigenvalue weighted by Gasteiger charge is 2.11. The molecule has 0 saturated heterocycles. The quantitative estimate of drug-likeness (QED) is 0.566. The normalized spacial score (nSPS) is 10.7. The number of aromatic nitrogens is 1. The van der Waals surface area contributed by atoms with E-state index in [1.165, 1.54) is 11.8 Å². The van der Waals surface area contributed by atoms with Gasteiger partial charge in [0.05, 0.1) is 22.7 Å². The van der Waals surface area contributed by atoms with Crippen LogP contribution < -0.4 is 5.32 Å². The van der Waals surface area contributed by atoms with Gasteiger partial charge in [-0.15, -0.1) is 0 Å². The number of oxazole rings is 1. The Kier molecular flexibility index (Phi) is 5.68. The van der Waals surface area contributed by atoms with Crippen molar-refractivity contribution in [2.24, 2.45) is 0 Å². The Balaban J connectivity index is 1.58. The molecule has 0 bridgehead atoms. The van der Waals surface area contributed by atoms with Crippen LogP contribution in [0.1, 0.15) is 5.56 Å². The molecule has 0 spiro atoms. The van der Waals surface area contributed by atoms with E-state index in [1.807, 2.05) is 25.1 Å². The number of nitrogens with one attached hydrogen (secondary N) is 1. The van der Waals surface area contributed by atoms with E-state index in [4.69, 9.17) is 27.6 Å². The molecular weight excluding hydrogens is 379 g/mol. The van der Waals surface area contributed by atoms with E-state index in [1.54, 1.807) is 30.5 Å². The summed E-state index contributed by atoms with van der Waals surface area (Å²) in [6.45, 7) is 1.94. The molecule has 1 heterocycles. The van der Waals surface area contributed by atoms with Gasteiger partial charge in [-0.2, -0.15) is 0 Å². The lowest BCUT2D eigenvalue weighted by atomic mass is 10.2. The molecule has 3 rings (SSSR count). The van der Waals surface area contributed by atoms with Crippen molar-refractivity contribution < 1.29 is 9.21 Å². The van der Waals surface area contributed by atoms with Crippen LogP contribution in [0.15, 0.2) is 58.3 Å². The summed E-state index contributed by atoms with van der Waals surface area (Å²) >= 11 is 13.2. The zero-order valence-electron chi connectivity index (χ0n) is 13.3. The summed E-state index contributed by atoms with van der Waals surface area (Å²) in [5, 5.41) is 4.37. The number of anilines is 1. The largest absolute Gasteiger partial charge is 0.431 e. The number of carbonyl (C=O) groups excluding carboxylic acids is 1. The summed E-state index contributed by atoms with van der Waals surface area (Å²) in [6.07, 6.45) is 1.63. The van der Waals surface area contributed by atoms with Gasteiger partial charge in [-0.05, 0) is 48.9 Å². The standard InChI is InChI=1S/C18H14Cl2N2O2S/c1-11-2-7-15(14(20)8-11)22-17(23)10-25-18-21-9-16(24-18)12-3-5-13(19)6-4-12/h2-9H,10H2,1H3,(H,22,23). The SMILES string of the molecule is Cc1ccc(NC(=O)CSc2ncc(-c3ccc(Cl)cc3)o2)c(Cl)c1. The van der Waals surface area contributed by atoms with Gasteiger partial charge in [0, 0.05) is 10.6 Å². The van der Waals surface area contributed by atoms with E-state index in [9.17, 15) is 4.79 Å². The predicted octanol–water partition coefficient (Wildman–Crippen LogP) is 5.69. The molecule has 0 saturated carbocycles. The van der Waals surface area contributed by atoms with Crippen LogP contribution in [0.3, 0.4) is 0 Å². The number of halogens is 2. The lowest BCUT2D eigenvalue weighted by Crippen LogP contribution is -2.14. The number of benzene rings is 2. The van der Waals surface area contributed by atoms with Gasteiger partial charge in [-0.1, -0.05) is 41.0 Å². The van der Waals surface area contributed by atoms with Crippen molar-refractivity contribution >= 4 is 46.6 Å². The highest BCUT2D eigenvalue weighted by atomic mass is 35.5. The average Bonchev–Trinajstić information content (AvgIpc) is 3.05. The maximum atomic E-state index is 12.1. The molecule has 128 valence electrons. The van der Waals surface area contributed by atoms with Crippen molar-refractivity contribution in [2.45, 2.75) is 12.1 Å². The third-order valence-electron chi connectivity index (χ3n) is 3.34. The average molecular weight is 393 g/mol. The van der Waals surface area contributed by atoms with Gasteiger partial charge in [0.2, 0.25) is 5.91 Å². The van der Waals surface area contributed by atoms with Crippen LogP contribution in [0.5, 0.6) is 0 Å². The Morgan fingerprint density at radius 2 is 1.96 bits per heavy atom. The van der Waals surface area contributed by atoms with E-state index in [-0.39, 0.29) is 11.7 Å². The fourth-order valence-electron chi connectivity index (χ4n) is 2.11. The Bertz CT molecular complexity index is 894. The molecule has 25 heavy (non-hydrogen) atoms. The second-order valence-corrected chi connectivity index (χ2v) is 7.09. The predicted molar refractivity (Wildman–Crippen MR) is 102 cm³/mol. The Morgan fingerprint density at radius 1 is 1.20 bits per heavy atom. The molecule has 1 N–H and O–H groups in total. The molecule has 0 fully saturated rings. The van der Waals surface area contributed by atoms with Gasteiger partial charge >= 0.3 is 0 Å². The number of hydrogen-bond donors (Lipinski definition) is 1. The van der Waals surface area contributed by atoms with Crippen molar-refractivity contribution in [3.05, 3.63) is 64.3 Å². The lowest BCUT2D eigenvalue weighted by Gasteiger charge is -2.07. The zero-order chi connectivity index (χ0) is 17.8. The number of aryl methyl sites for hydroxylation is 1. The molecule has 1 aromatic heterocycles. The summed E-state index contributed by atoms with van der Waals surface area (Å²) in [4.78, 5) is 16.2. The highest BCUT2D eigenvalue weighted by Crippen LogP contribution is 2.27. The van der Waals surface area contributed by atoms with E-state index >= 15 is 0 Å². The Morgan fingerprint density at radius 3 is 2.68 bits per heavy atom. The number of carbonyl (C=O) groups is 1. The van der Waals surface area contributed by atoms with Crippen LogP contribution in [0.25, 0.3) is 11.3 Å². The molecule has 2 aromatic carbocycles. The molecule has 3 aromatic rings. The molecule has 0 atom stereocenters. The minimum absolute atomic E-state index is 0.171. The second-order valence-electron chi connectivity index (χ2n) is 5.32. The maximum absolute atomic E-state index is 12.1. The molecule has 7 heteroatoms. The van der Waals surface area contributed by atoms with Crippen LogP contribution in [0.4, 0.5) is 5.69 Å². The fraction of sp³-hybridized carbons (Fsp3) is 0.111. The maximum Gasteiger partial charge on any atom is 0.256 e. The van der Waals surface area contributed by atoms with E-state index < -0.39 is 0 Å². The van der Waals surface area contributed by atoms with Gasteiger partial charge < -0.3 is 9.73 Å². The number of rotatable bonds is 5. The van der Waals surface area contributed by atoms with Crippen molar-refractivity contribution in [1.29, 1.82) is 0 Å². The molecule has 0 unspecified atom stereocenters. The first-order valence-corrected chi connectivity index (χ1v) is 9.16. The minimum atomic E-state index is -0.179. The summed E-state index contributed by atoms with van der Waals surface area (Å²) < 4.78 is 5.65. The topological polar surface area (TPSA) is 55.1 Å². The summed E-state index contributed by atoms with van der Waals surface area (Å²) in [5.41, 5.74) is 2.50. The van der Waals surface area contributed by atoms with Crippen molar-refractivity contribution in [2.75, 3.05) is 11.1 Å². The van der Waals surface area contributed by atoms with E-state index in [0.717, 1.165) is 11.1 Å². The molecule has 1 amide bonds. The van der Waals surface area contributed by atoms with Crippen molar-refractivity contribution in [3.63, 3.8) is 0 Å². The zero-order valence-corrected chi connectivity index (χ0v) is 15.6. The first-order valence-electron chi connectivity index (χ1n) is 7.42. The second kappa shape index (κ2) is 7.95. The molecule has 0 aliphatic carbocycles. The van der Waals surface area contributed by atoms with E-state index in [2.05, 4.69) is 10.3 Å². The van der Waals surface area contributed by atoms with Gasteiger partial charge in [0.25, 0.3) is 5.22 Å². The van der Waals surface area contributed by atoms with Gasteiger partial charge in [0.15, 0.2) is 5.76 Å². The van der Waals surface area contributed by atoms with Gasteiger partial charge in [0.1, 0.15) is 0 Å². The van der Waals surface area contributed by atoms with Gasteiger partial charge in [-0.25, -0.2) is 4.98 Å². The van der Waals surface area contributed by atoms with Crippen LogP contribution in [0.2, 0.25) is 10.0 Å². The summed E-state index contributed by atoms with van der Waals surface area (Å²) in [6, 6.07) is 12.7. The number of nitrogens with zero attached hydrogens (tertiary/aromatic N) is 1. The first-order chi connectivity index (χ1) is 12.0. The van der Waals surface area contributed by atoms with Crippen molar-refractivity contribution in [1.82, 2.24) is 4.98 Å². The van der Waals surface area contributed by atoms with Crippen LogP contribution in [-0.2, 0) is 4.79 Å². The smallest absolute Gasteiger partial charge is 0.256 e. The monoisotopic (exact) mass is 392 g/mol. The minimum Gasteiger partial charge on any atom is -0.431 e. The van der Waals surface area contributed by atoms with Gasteiger partial charge in [-0.3, -0.25) is 4.79 Å². The Hall–Kier alpha value is -1.95. The Labute approximate surface area is 159 Å². The van der Waals surface area contributed by atoms with Crippen molar-refractivity contribution in [3.8, 4) is 11.3 Å². The first kappa shape index (κ1) is 17.9. The van der Waals surface area contributed by atoms with Crippen LogP contribution in [-0.4, -0.2) is 16.6 Å². The van der Waals surface area contributed by atoms with E-state index in [0.29, 0.717) is 26.7 Å². The third kappa shape index (κ3) is 4.78. The molecule has 0 aliphatic heterocycles. The molecular formula is C18H14Cl2N2O2S. The molecule has 4 nitrogen and oxygen atoms in total. The number of thioether (sulfide) groups is 1. The third-order valence-corrected chi connectivity index (χ3v) is 4.75. The van der Waals surface area contributed by atoms with Crippen LogP contribution >= 0.6 is 35.0 Å².